The molecule has 0 heterocycles. The largest absolute Gasteiger partial charge is 0.506 e. The smallest absolute Gasteiger partial charge is 0.271 e. The van der Waals surface area contributed by atoms with E-state index in [1.54, 1.807) is 6.21 Å². The Morgan fingerprint density at radius 3 is 2.70 bits per heavy atom. The molecule has 0 aromatic heterocycles. The number of carbonyl (C=O) groups excluding carboxylic acids is 1. The Hall–Kier alpha value is -4.13. The summed E-state index contributed by atoms with van der Waals surface area (Å²) >= 11 is 5.92. The fraction of sp³-hybridized carbons (Fsp3) is 0.212. The molecule has 204 valence electrons. The van der Waals surface area contributed by atoms with Crippen LogP contribution in [0.25, 0.3) is 11.1 Å². The van der Waals surface area contributed by atoms with Crippen molar-refractivity contribution in [3.8, 4) is 22.6 Å². The second-order valence-electron chi connectivity index (χ2n) is 9.89. The van der Waals surface area contributed by atoms with Crippen LogP contribution in [0.3, 0.4) is 0 Å². The van der Waals surface area contributed by atoms with Crippen LogP contribution in [0.15, 0.2) is 90.0 Å². The van der Waals surface area contributed by atoms with Crippen molar-refractivity contribution < 1.29 is 14.6 Å². The zero-order valence-corrected chi connectivity index (χ0v) is 23.1. The maximum Gasteiger partial charge on any atom is 0.271 e. The number of carbonyl (C=O) groups is 1. The number of ether oxygens (including phenoxy) is 1. The van der Waals surface area contributed by atoms with Crippen molar-refractivity contribution in [1.82, 2.24) is 10.7 Å². The number of nitrogens with one attached hydrogen (secondary N) is 2. The summed E-state index contributed by atoms with van der Waals surface area (Å²) < 4.78 is 6.37. The third-order valence-electron chi connectivity index (χ3n) is 7.08. The van der Waals surface area contributed by atoms with E-state index in [0.717, 1.165) is 47.4 Å². The SMILES string of the molecule is Cc1cc(/C=N\NC(=O)c2ccc(O)c(Cl)c2)cc(-c2ccccc2)c1OCCNC1CCCc2ccccc21. The Labute approximate surface area is 239 Å². The maximum absolute atomic E-state index is 12.4. The first-order chi connectivity index (χ1) is 19.5. The van der Waals surface area contributed by atoms with Crippen molar-refractivity contribution in [1.29, 1.82) is 0 Å². The molecule has 0 saturated heterocycles. The lowest BCUT2D eigenvalue weighted by molar-refractivity contribution is 0.0955. The first-order valence-electron chi connectivity index (χ1n) is 13.5. The van der Waals surface area contributed by atoms with Gasteiger partial charge in [-0.3, -0.25) is 4.79 Å². The predicted octanol–water partition coefficient (Wildman–Crippen LogP) is 6.83. The van der Waals surface area contributed by atoms with Gasteiger partial charge in [-0.1, -0.05) is 66.2 Å². The quantitative estimate of drug-likeness (QED) is 0.120. The van der Waals surface area contributed by atoms with Crippen molar-refractivity contribution in [2.45, 2.75) is 32.2 Å². The van der Waals surface area contributed by atoms with Crippen LogP contribution in [0.2, 0.25) is 5.02 Å². The predicted molar refractivity (Wildman–Crippen MR) is 160 cm³/mol. The van der Waals surface area contributed by atoms with Gasteiger partial charge in [0.2, 0.25) is 0 Å². The number of halogens is 1. The van der Waals surface area contributed by atoms with E-state index in [4.69, 9.17) is 16.3 Å². The summed E-state index contributed by atoms with van der Waals surface area (Å²) in [7, 11) is 0. The van der Waals surface area contributed by atoms with Gasteiger partial charge in [-0.15, -0.1) is 0 Å². The molecule has 0 radical (unpaired) electrons. The molecule has 3 N–H and O–H groups in total. The standard InChI is InChI=1S/C33H32ClN3O3/c1-22-18-23(21-36-37-33(39)26-14-15-31(38)29(34)20-26)19-28(25-8-3-2-4-9-25)32(22)40-17-16-35-30-13-7-11-24-10-5-6-12-27(24)30/h2-6,8-10,12,14-15,18-21,30,35,38H,7,11,13,16-17H2,1H3,(H,37,39)/b36-21-. The molecule has 4 aromatic carbocycles. The number of benzene rings is 4. The molecule has 5 rings (SSSR count). The van der Waals surface area contributed by atoms with E-state index < -0.39 is 5.91 Å². The molecule has 40 heavy (non-hydrogen) atoms. The first-order valence-corrected chi connectivity index (χ1v) is 13.8. The van der Waals surface area contributed by atoms with Crippen molar-refractivity contribution >= 4 is 23.7 Å². The highest BCUT2D eigenvalue weighted by atomic mass is 35.5. The summed E-state index contributed by atoms with van der Waals surface area (Å²) in [5.41, 5.74) is 9.45. The van der Waals surface area contributed by atoms with Crippen LogP contribution in [0.1, 0.15) is 51.5 Å². The zero-order chi connectivity index (χ0) is 27.9. The molecule has 0 spiro atoms. The highest BCUT2D eigenvalue weighted by Gasteiger charge is 2.19. The number of hydrazone groups is 1. The van der Waals surface area contributed by atoms with Crippen LogP contribution >= 0.6 is 11.6 Å². The Bertz CT molecular complexity index is 1520. The highest BCUT2D eigenvalue weighted by Crippen LogP contribution is 2.34. The van der Waals surface area contributed by atoms with Crippen LogP contribution in [0, 0.1) is 6.92 Å². The van der Waals surface area contributed by atoms with Gasteiger partial charge >= 0.3 is 0 Å². The number of aryl methyl sites for hydroxylation is 2. The van der Waals surface area contributed by atoms with Gasteiger partial charge < -0.3 is 15.2 Å². The Kier molecular flexibility index (Phi) is 8.79. The maximum atomic E-state index is 12.4. The summed E-state index contributed by atoms with van der Waals surface area (Å²) in [5.74, 6) is 0.325. The molecule has 1 aliphatic carbocycles. The lowest BCUT2D eigenvalue weighted by Gasteiger charge is -2.26. The van der Waals surface area contributed by atoms with E-state index in [1.807, 2.05) is 37.3 Å². The van der Waals surface area contributed by atoms with Crippen LogP contribution in [-0.2, 0) is 6.42 Å². The minimum Gasteiger partial charge on any atom is -0.506 e. The average Bonchev–Trinajstić information content (AvgIpc) is 2.97. The fourth-order valence-corrected chi connectivity index (χ4v) is 5.31. The molecule has 1 unspecified atom stereocenters. The molecule has 1 amide bonds. The molecule has 0 aliphatic heterocycles. The molecular weight excluding hydrogens is 522 g/mol. The second-order valence-corrected chi connectivity index (χ2v) is 10.3. The van der Waals surface area contributed by atoms with Crippen LogP contribution in [-0.4, -0.2) is 30.4 Å². The summed E-state index contributed by atoms with van der Waals surface area (Å²) in [6.07, 6.45) is 5.08. The molecule has 1 atom stereocenters. The van der Waals surface area contributed by atoms with Gasteiger partial charge in [-0.25, -0.2) is 5.43 Å². The van der Waals surface area contributed by atoms with Crippen LogP contribution in [0.5, 0.6) is 11.5 Å². The number of phenolic OH excluding ortho intramolecular Hbond substituents is 1. The molecule has 0 saturated carbocycles. The average molecular weight is 554 g/mol. The second kappa shape index (κ2) is 12.8. The number of hydrogen-bond donors (Lipinski definition) is 3. The first kappa shape index (κ1) is 27.4. The number of phenols is 1. The van der Waals surface area contributed by atoms with Gasteiger partial charge in [0.1, 0.15) is 18.1 Å². The lowest BCUT2D eigenvalue weighted by atomic mass is 9.88. The van der Waals surface area contributed by atoms with E-state index in [2.05, 4.69) is 52.2 Å². The number of hydrogen-bond acceptors (Lipinski definition) is 5. The van der Waals surface area contributed by atoms with Gasteiger partial charge in [0, 0.05) is 23.7 Å². The number of amides is 1. The molecular formula is C33H32ClN3O3. The minimum atomic E-state index is -0.425. The van der Waals surface area contributed by atoms with Crippen molar-refractivity contribution in [3.63, 3.8) is 0 Å². The van der Waals surface area contributed by atoms with Crippen molar-refractivity contribution in [2.24, 2.45) is 5.10 Å². The zero-order valence-electron chi connectivity index (χ0n) is 22.4. The van der Waals surface area contributed by atoms with E-state index in [1.165, 1.54) is 35.7 Å². The number of rotatable bonds is 9. The van der Waals surface area contributed by atoms with Gasteiger partial charge in [-0.2, -0.15) is 5.10 Å². The highest BCUT2D eigenvalue weighted by molar-refractivity contribution is 6.32. The minimum absolute atomic E-state index is 0.0805. The van der Waals surface area contributed by atoms with Crippen LogP contribution < -0.4 is 15.5 Å². The summed E-state index contributed by atoms with van der Waals surface area (Å²) in [4.78, 5) is 12.4. The summed E-state index contributed by atoms with van der Waals surface area (Å²) in [6.45, 7) is 3.29. The molecule has 0 fully saturated rings. The Balaban J connectivity index is 1.28. The number of aromatic hydroxyl groups is 1. The van der Waals surface area contributed by atoms with Gasteiger partial charge in [0.15, 0.2) is 0 Å². The number of fused-ring (bicyclic) bond motifs is 1. The topological polar surface area (TPSA) is 83.0 Å². The molecule has 4 aromatic rings. The Morgan fingerprint density at radius 2 is 1.88 bits per heavy atom. The summed E-state index contributed by atoms with van der Waals surface area (Å²) in [5, 5.41) is 17.5. The monoisotopic (exact) mass is 553 g/mol. The third-order valence-corrected chi connectivity index (χ3v) is 7.38. The van der Waals surface area contributed by atoms with Gasteiger partial charge in [0.25, 0.3) is 5.91 Å². The summed E-state index contributed by atoms with van der Waals surface area (Å²) in [6, 6.07) is 27.4. The molecule has 1 aliphatic rings. The van der Waals surface area contributed by atoms with Gasteiger partial charge in [0.05, 0.1) is 11.2 Å². The normalized spacial score (nSPS) is 14.6. The fourth-order valence-electron chi connectivity index (χ4n) is 5.13. The van der Waals surface area contributed by atoms with Crippen molar-refractivity contribution in [3.05, 3.63) is 118 Å². The molecule has 6 nitrogen and oxygen atoms in total. The third kappa shape index (κ3) is 6.53. The van der Waals surface area contributed by atoms with Crippen molar-refractivity contribution in [2.75, 3.05) is 13.2 Å². The Morgan fingerprint density at radius 1 is 1.07 bits per heavy atom. The number of nitrogens with zero attached hydrogens (tertiary/aromatic N) is 1. The van der Waals surface area contributed by atoms with E-state index in [9.17, 15) is 9.90 Å². The van der Waals surface area contributed by atoms with Crippen LogP contribution in [0.4, 0.5) is 0 Å². The van der Waals surface area contributed by atoms with Gasteiger partial charge in [-0.05, 0) is 84.3 Å². The van der Waals surface area contributed by atoms with E-state index in [-0.39, 0.29) is 10.8 Å². The molecule has 0 bridgehead atoms. The van der Waals surface area contributed by atoms with E-state index >= 15 is 0 Å². The van der Waals surface area contributed by atoms with E-state index in [0.29, 0.717) is 18.2 Å². The lowest BCUT2D eigenvalue weighted by Crippen LogP contribution is -2.29. The molecule has 7 heteroatoms.